The van der Waals surface area contributed by atoms with Crippen molar-refractivity contribution in [3.8, 4) is 39.9 Å². The zero-order chi connectivity index (χ0) is 34.5. The molecule has 0 radical (unpaired) electrons. The Morgan fingerprint density at radius 3 is 2.00 bits per heavy atom. The number of hydrogen-bond donors (Lipinski definition) is 0. The zero-order valence-electron chi connectivity index (χ0n) is 28.1. The highest BCUT2D eigenvalue weighted by Gasteiger charge is 2.48. The van der Waals surface area contributed by atoms with Crippen molar-refractivity contribution in [3.05, 3.63) is 188 Å². The molecule has 5 nitrogen and oxygen atoms in total. The summed E-state index contributed by atoms with van der Waals surface area (Å²) >= 11 is 0. The van der Waals surface area contributed by atoms with Crippen LogP contribution in [0.15, 0.2) is 188 Å². The van der Waals surface area contributed by atoms with Gasteiger partial charge >= 0.3 is 0 Å². The predicted octanol–water partition coefficient (Wildman–Crippen LogP) is 8.52. The lowest BCUT2D eigenvalue weighted by molar-refractivity contribution is 0.482. The summed E-state index contributed by atoms with van der Waals surface area (Å²) in [6.45, 7) is 0. The molecule has 0 bridgehead atoms. The van der Waals surface area contributed by atoms with E-state index in [2.05, 4.69) is 125 Å². The lowest BCUT2D eigenvalue weighted by Gasteiger charge is -2.39. The van der Waals surface area contributed by atoms with Gasteiger partial charge in [0.2, 0.25) is 0 Å². The van der Waals surface area contributed by atoms with Gasteiger partial charge in [-0.05, 0) is 87.5 Å². The van der Waals surface area contributed by atoms with Crippen molar-refractivity contribution in [1.29, 1.82) is 0 Å². The van der Waals surface area contributed by atoms with Gasteiger partial charge in [0, 0.05) is 34.8 Å². The minimum Gasteiger partial charge on any atom is -0.458 e. The van der Waals surface area contributed by atoms with E-state index in [1.54, 1.807) is 6.20 Å². The molecule has 6 aromatic carbocycles. The third kappa shape index (κ3) is 4.76. The third-order valence-electron chi connectivity index (χ3n) is 10.1. The maximum absolute atomic E-state index is 6.86. The van der Waals surface area contributed by atoms with Crippen LogP contribution in [0.4, 0.5) is 0 Å². The van der Waals surface area contributed by atoms with Gasteiger partial charge in [-0.2, -0.15) is 0 Å². The summed E-state index contributed by atoms with van der Waals surface area (Å²) in [5.41, 5.74) is 4.80. The first-order chi connectivity index (χ1) is 25.8. The number of nitrogens with zero attached hydrogens (tertiary/aromatic N) is 3. The molecular formula is C46H31N3O2Si. The number of para-hydroxylation sites is 1. The van der Waals surface area contributed by atoms with Crippen LogP contribution in [0.1, 0.15) is 0 Å². The number of benzene rings is 6. The molecule has 6 heteroatoms. The first-order valence-electron chi connectivity index (χ1n) is 17.4. The molecule has 0 N–H and O–H groups in total. The molecule has 1 aliphatic rings. The van der Waals surface area contributed by atoms with Gasteiger partial charge in [0.15, 0.2) is 8.07 Å². The topological polar surface area (TPSA) is 49.2 Å². The Labute approximate surface area is 302 Å². The summed E-state index contributed by atoms with van der Waals surface area (Å²) in [5.74, 6) is 3.27. The third-order valence-corrected chi connectivity index (χ3v) is 14.9. The molecule has 52 heavy (non-hydrogen) atoms. The molecule has 0 saturated carbocycles. The van der Waals surface area contributed by atoms with Gasteiger partial charge in [0.05, 0.1) is 16.9 Å². The van der Waals surface area contributed by atoms with Gasteiger partial charge in [-0.25, -0.2) is 4.98 Å². The Morgan fingerprint density at radius 1 is 0.500 bits per heavy atom. The first-order valence-corrected chi connectivity index (χ1v) is 19.4. The monoisotopic (exact) mass is 685 g/mol. The predicted molar refractivity (Wildman–Crippen MR) is 212 cm³/mol. The van der Waals surface area contributed by atoms with E-state index in [1.165, 1.54) is 20.7 Å². The van der Waals surface area contributed by atoms with E-state index in [4.69, 9.17) is 14.5 Å². The molecule has 10 rings (SSSR count). The van der Waals surface area contributed by atoms with Crippen molar-refractivity contribution in [1.82, 2.24) is 14.5 Å². The van der Waals surface area contributed by atoms with Gasteiger partial charge in [-0.3, -0.25) is 9.55 Å². The Bertz CT molecular complexity index is 2710. The molecule has 0 amide bonds. The van der Waals surface area contributed by atoms with E-state index in [9.17, 15) is 0 Å². The van der Waals surface area contributed by atoms with Crippen LogP contribution in [0, 0.1) is 0 Å². The second-order valence-corrected chi connectivity index (χ2v) is 16.7. The number of fused-ring (bicyclic) bond motifs is 5. The van der Waals surface area contributed by atoms with E-state index in [0.717, 1.165) is 61.9 Å². The van der Waals surface area contributed by atoms with Crippen LogP contribution < -0.4 is 30.2 Å². The highest BCUT2D eigenvalue weighted by molar-refractivity contribution is 7.20. The smallest absolute Gasteiger partial charge is 0.188 e. The van der Waals surface area contributed by atoms with Crippen LogP contribution >= 0.6 is 0 Å². The minimum absolute atomic E-state index is 0.731. The Kier molecular flexibility index (Phi) is 7.08. The molecular weight excluding hydrogens is 655 g/mol. The second kappa shape index (κ2) is 12.2. The van der Waals surface area contributed by atoms with Crippen LogP contribution in [0.5, 0.6) is 23.0 Å². The number of pyridine rings is 2. The maximum atomic E-state index is 6.86. The van der Waals surface area contributed by atoms with Gasteiger partial charge in [-0.1, -0.05) is 103 Å². The van der Waals surface area contributed by atoms with Gasteiger partial charge < -0.3 is 9.47 Å². The molecule has 246 valence electrons. The number of hydrogen-bond acceptors (Lipinski definition) is 4. The van der Waals surface area contributed by atoms with E-state index < -0.39 is 8.07 Å². The highest BCUT2D eigenvalue weighted by atomic mass is 28.3. The van der Waals surface area contributed by atoms with Crippen LogP contribution in [0.2, 0.25) is 0 Å². The summed E-state index contributed by atoms with van der Waals surface area (Å²) in [6.07, 6.45) is 3.67. The van der Waals surface area contributed by atoms with Crippen molar-refractivity contribution in [2.24, 2.45) is 0 Å². The fourth-order valence-corrected chi connectivity index (χ4v) is 12.8. The molecule has 0 aliphatic carbocycles. The Morgan fingerprint density at radius 2 is 1.21 bits per heavy atom. The maximum Gasteiger partial charge on any atom is 0.188 e. The highest BCUT2D eigenvalue weighted by Crippen LogP contribution is 2.38. The SMILES string of the molecule is c1ccc([Si]2(c3ccccc3)c3ccccc3Oc3cc4c5cccnc5n(-c5cccc(Oc6cccc(-c7ccccn7)c6)c5)c4cc32)cc1. The molecule has 0 spiro atoms. The average Bonchev–Trinajstić information content (AvgIpc) is 3.53. The molecule has 9 aromatic rings. The normalized spacial score (nSPS) is 12.9. The van der Waals surface area contributed by atoms with E-state index in [-0.39, 0.29) is 0 Å². The fraction of sp³-hybridized carbons (Fsp3) is 0. The quantitative estimate of drug-likeness (QED) is 0.165. The van der Waals surface area contributed by atoms with Gasteiger partial charge in [0.1, 0.15) is 28.6 Å². The van der Waals surface area contributed by atoms with E-state index >= 15 is 0 Å². The van der Waals surface area contributed by atoms with Crippen molar-refractivity contribution in [2.45, 2.75) is 0 Å². The van der Waals surface area contributed by atoms with Crippen LogP contribution in [-0.2, 0) is 0 Å². The molecule has 0 saturated heterocycles. The van der Waals surface area contributed by atoms with Crippen LogP contribution in [0.3, 0.4) is 0 Å². The number of ether oxygens (including phenoxy) is 2. The fourth-order valence-electron chi connectivity index (χ4n) is 7.88. The van der Waals surface area contributed by atoms with Gasteiger partial charge in [-0.15, -0.1) is 0 Å². The van der Waals surface area contributed by atoms with Crippen LogP contribution in [-0.4, -0.2) is 22.6 Å². The van der Waals surface area contributed by atoms with Crippen molar-refractivity contribution < 1.29 is 9.47 Å². The van der Waals surface area contributed by atoms with Crippen molar-refractivity contribution >= 4 is 50.8 Å². The molecule has 1 aliphatic heterocycles. The molecule has 0 atom stereocenters. The van der Waals surface area contributed by atoms with Crippen molar-refractivity contribution in [2.75, 3.05) is 0 Å². The lowest BCUT2D eigenvalue weighted by atomic mass is 10.1. The molecule has 0 unspecified atom stereocenters. The molecule has 0 fully saturated rings. The molecule has 3 aromatic heterocycles. The standard InChI is InChI=1S/C46H31N3O2Si/c1-3-18-36(19-4-1)52(37-20-5-2-6-21-37)44-25-8-7-24-42(44)51-43-30-39-38-22-13-27-48-46(38)49(41(39)31-45(43)52)33-15-12-17-35(29-33)50-34-16-11-14-32(28-34)40-23-9-10-26-47-40/h1-31H. The van der Waals surface area contributed by atoms with E-state index in [1.807, 2.05) is 66.9 Å². The average molecular weight is 686 g/mol. The van der Waals surface area contributed by atoms with E-state index in [0.29, 0.717) is 0 Å². The lowest BCUT2D eigenvalue weighted by Crippen LogP contribution is -2.76. The minimum atomic E-state index is -2.85. The Hall–Kier alpha value is -6.76. The van der Waals surface area contributed by atoms with Crippen LogP contribution in [0.25, 0.3) is 38.9 Å². The summed E-state index contributed by atoms with van der Waals surface area (Å²) in [4.78, 5) is 9.48. The summed E-state index contributed by atoms with van der Waals surface area (Å²) < 4.78 is 15.6. The second-order valence-electron chi connectivity index (χ2n) is 13.0. The Balaban J connectivity index is 1.19. The molecule has 4 heterocycles. The zero-order valence-corrected chi connectivity index (χ0v) is 29.1. The van der Waals surface area contributed by atoms with Crippen molar-refractivity contribution in [3.63, 3.8) is 0 Å². The first kappa shape index (κ1) is 30.1. The van der Waals surface area contributed by atoms with Gasteiger partial charge in [0.25, 0.3) is 0 Å². The summed E-state index contributed by atoms with van der Waals surface area (Å²) in [6, 6.07) is 61.5. The number of aromatic nitrogens is 3. The summed E-state index contributed by atoms with van der Waals surface area (Å²) in [5, 5.41) is 7.20. The summed E-state index contributed by atoms with van der Waals surface area (Å²) in [7, 11) is -2.85. The largest absolute Gasteiger partial charge is 0.458 e. The number of rotatable bonds is 6.